The molecule has 0 bridgehead atoms. The van der Waals surface area contributed by atoms with Crippen molar-refractivity contribution in [2.75, 3.05) is 5.73 Å². The first-order chi connectivity index (χ1) is 9.90. The molecular weight excluding hydrogens is 279 g/mol. The van der Waals surface area contributed by atoms with E-state index in [1.54, 1.807) is 0 Å². The summed E-state index contributed by atoms with van der Waals surface area (Å²) < 4.78 is 18.6. The molecule has 2 rings (SSSR count). The molecule has 0 unspecified atom stereocenters. The van der Waals surface area contributed by atoms with Crippen molar-refractivity contribution >= 4 is 11.5 Å². The molecule has 2 N–H and O–H groups in total. The summed E-state index contributed by atoms with van der Waals surface area (Å²) in [5, 5.41) is 11.0. The quantitative estimate of drug-likeness (QED) is 0.686. The van der Waals surface area contributed by atoms with Crippen molar-refractivity contribution in [3.8, 4) is 11.6 Å². The van der Waals surface area contributed by atoms with Crippen LogP contribution in [0.3, 0.4) is 0 Å². The van der Waals surface area contributed by atoms with Crippen LogP contribution < -0.4 is 10.5 Å². The van der Waals surface area contributed by atoms with Gasteiger partial charge in [0.25, 0.3) is 0 Å². The molecular formula is C13H13FN4O3. The maximum Gasteiger partial charge on any atom is 0.314 e. The lowest BCUT2D eigenvalue weighted by molar-refractivity contribution is -0.385. The van der Waals surface area contributed by atoms with E-state index in [-0.39, 0.29) is 23.4 Å². The third kappa shape index (κ3) is 3.04. The molecule has 1 aromatic heterocycles. The van der Waals surface area contributed by atoms with Crippen LogP contribution >= 0.6 is 0 Å². The summed E-state index contributed by atoms with van der Waals surface area (Å²) in [4.78, 5) is 18.0. The summed E-state index contributed by atoms with van der Waals surface area (Å²) in [6, 6.07) is 3.03. The minimum absolute atomic E-state index is 0.0410. The summed E-state index contributed by atoms with van der Waals surface area (Å²) >= 11 is 0. The number of hydrogen-bond donors (Lipinski definition) is 1. The second-order valence-electron chi connectivity index (χ2n) is 4.60. The van der Waals surface area contributed by atoms with Gasteiger partial charge in [0, 0.05) is 0 Å². The molecule has 0 radical (unpaired) electrons. The Morgan fingerprint density at radius 3 is 2.71 bits per heavy atom. The van der Waals surface area contributed by atoms with Crippen LogP contribution in [0.15, 0.2) is 24.5 Å². The summed E-state index contributed by atoms with van der Waals surface area (Å²) in [5.41, 5.74) is 5.83. The molecule has 0 atom stereocenters. The van der Waals surface area contributed by atoms with Gasteiger partial charge in [-0.05, 0) is 18.1 Å². The summed E-state index contributed by atoms with van der Waals surface area (Å²) in [5.74, 6) is -0.519. The molecule has 0 aliphatic heterocycles. The highest BCUT2D eigenvalue weighted by atomic mass is 19.1. The van der Waals surface area contributed by atoms with Gasteiger partial charge >= 0.3 is 5.69 Å². The molecule has 8 heteroatoms. The van der Waals surface area contributed by atoms with E-state index >= 15 is 0 Å². The van der Waals surface area contributed by atoms with Gasteiger partial charge < -0.3 is 10.5 Å². The average Bonchev–Trinajstić information content (AvgIpc) is 2.40. The largest absolute Gasteiger partial charge is 0.431 e. The maximum atomic E-state index is 13.1. The standard InChI is InChI=1S/C13H13FN4O3/c1-7(2)11-12(15)16-6-17-13(11)21-10-4-3-8(14)5-9(10)18(19)20/h3-7H,1-2H3,(H2,15,16,17). The van der Waals surface area contributed by atoms with Crippen LogP contribution in [-0.2, 0) is 0 Å². The zero-order chi connectivity index (χ0) is 15.6. The molecule has 1 aromatic carbocycles. The van der Waals surface area contributed by atoms with Crippen LogP contribution in [-0.4, -0.2) is 14.9 Å². The van der Waals surface area contributed by atoms with Gasteiger partial charge in [0.15, 0.2) is 0 Å². The molecule has 21 heavy (non-hydrogen) atoms. The summed E-state index contributed by atoms with van der Waals surface area (Å²) in [6.07, 6.45) is 1.20. The fraction of sp³-hybridized carbons (Fsp3) is 0.231. The highest BCUT2D eigenvalue weighted by Crippen LogP contribution is 2.35. The molecule has 0 saturated carbocycles. The molecule has 1 heterocycles. The summed E-state index contributed by atoms with van der Waals surface area (Å²) in [7, 11) is 0. The van der Waals surface area contributed by atoms with E-state index in [1.807, 2.05) is 13.8 Å². The predicted octanol–water partition coefficient (Wildman–Crippen LogP) is 3.02. The van der Waals surface area contributed by atoms with E-state index in [4.69, 9.17) is 10.5 Å². The highest BCUT2D eigenvalue weighted by molar-refractivity contribution is 5.52. The van der Waals surface area contributed by atoms with Crippen molar-refractivity contribution < 1.29 is 14.1 Å². The van der Waals surface area contributed by atoms with E-state index in [1.165, 1.54) is 12.4 Å². The topological polar surface area (TPSA) is 104 Å². The number of anilines is 1. The highest BCUT2D eigenvalue weighted by Gasteiger charge is 2.21. The minimum Gasteiger partial charge on any atom is -0.431 e. The molecule has 110 valence electrons. The van der Waals surface area contributed by atoms with Gasteiger partial charge in [-0.1, -0.05) is 13.8 Å². The number of nitro benzene ring substituents is 1. The van der Waals surface area contributed by atoms with Crippen LogP contribution in [0.25, 0.3) is 0 Å². The van der Waals surface area contributed by atoms with Crippen LogP contribution in [0.2, 0.25) is 0 Å². The third-order valence-corrected chi connectivity index (χ3v) is 2.78. The predicted molar refractivity (Wildman–Crippen MR) is 73.7 cm³/mol. The Morgan fingerprint density at radius 1 is 1.38 bits per heavy atom. The normalized spacial score (nSPS) is 10.7. The first kappa shape index (κ1) is 14.6. The second kappa shape index (κ2) is 5.70. The number of rotatable bonds is 4. The van der Waals surface area contributed by atoms with E-state index in [2.05, 4.69) is 9.97 Å². The minimum atomic E-state index is -0.724. The zero-order valence-electron chi connectivity index (χ0n) is 11.4. The molecule has 7 nitrogen and oxygen atoms in total. The van der Waals surface area contributed by atoms with Gasteiger partial charge in [0.05, 0.1) is 16.6 Å². The number of nitrogen functional groups attached to an aromatic ring is 1. The van der Waals surface area contributed by atoms with Gasteiger partial charge in [-0.15, -0.1) is 0 Å². The Hall–Kier alpha value is -2.77. The lowest BCUT2D eigenvalue weighted by Gasteiger charge is -2.13. The van der Waals surface area contributed by atoms with Crippen molar-refractivity contribution in [2.45, 2.75) is 19.8 Å². The fourth-order valence-corrected chi connectivity index (χ4v) is 1.84. The summed E-state index contributed by atoms with van der Waals surface area (Å²) in [6.45, 7) is 3.72. The SMILES string of the molecule is CC(C)c1c(N)ncnc1Oc1ccc(F)cc1[N+](=O)[O-]. The molecule has 0 aliphatic carbocycles. The molecule has 0 fully saturated rings. The van der Waals surface area contributed by atoms with E-state index < -0.39 is 16.4 Å². The average molecular weight is 292 g/mol. The fourth-order valence-electron chi connectivity index (χ4n) is 1.84. The van der Waals surface area contributed by atoms with E-state index in [0.717, 1.165) is 12.1 Å². The molecule has 0 amide bonds. The number of benzene rings is 1. The number of nitrogens with zero attached hydrogens (tertiary/aromatic N) is 3. The van der Waals surface area contributed by atoms with Crippen molar-refractivity contribution in [2.24, 2.45) is 0 Å². The third-order valence-electron chi connectivity index (χ3n) is 2.78. The lowest BCUT2D eigenvalue weighted by atomic mass is 10.1. The maximum absolute atomic E-state index is 13.1. The van der Waals surface area contributed by atoms with Gasteiger partial charge in [-0.3, -0.25) is 10.1 Å². The molecule has 2 aromatic rings. The van der Waals surface area contributed by atoms with Gasteiger partial charge in [0.2, 0.25) is 11.6 Å². The van der Waals surface area contributed by atoms with Gasteiger partial charge in [-0.25, -0.2) is 14.4 Å². The van der Waals surface area contributed by atoms with Crippen LogP contribution in [0.5, 0.6) is 11.6 Å². The molecule has 0 spiro atoms. The number of aromatic nitrogens is 2. The number of nitro groups is 1. The number of halogens is 1. The van der Waals surface area contributed by atoms with Crippen LogP contribution in [0.4, 0.5) is 15.9 Å². The van der Waals surface area contributed by atoms with Crippen molar-refractivity contribution in [1.82, 2.24) is 9.97 Å². The number of ether oxygens (including phenoxy) is 1. The van der Waals surface area contributed by atoms with Crippen molar-refractivity contribution in [1.29, 1.82) is 0 Å². The Balaban J connectivity index is 2.49. The van der Waals surface area contributed by atoms with E-state index in [9.17, 15) is 14.5 Å². The first-order valence-corrected chi connectivity index (χ1v) is 6.12. The van der Waals surface area contributed by atoms with Crippen molar-refractivity contribution in [3.05, 3.63) is 46.0 Å². The van der Waals surface area contributed by atoms with Crippen molar-refractivity contribution in [3.63, 3.8) is 0 Å². The number of nitrogens with two attached hydrogens (primary N) is 1. The Morgan fingerprint density at radius 2 is 2.10 bits per heavy atom. The molecule has 0 aliphatic rings. The van der Waals surface area contributed by atoms with Crippen LogP contribution in [0.1, 0.15) is 25.3 Å². The zero-order valence-corrected chi connectivity index (χ0v) is 11.4. The van der Waals surface area contributed by atoms with Crippen LogP contribution in [0, 0.1) is 15.9 Å². The lowest BCUT2D eigenvalue weighted by Crippen LogP contribution is -2.05. The Kier molecular flexibility index (Phi) is 3.97. The smallest absolute Gasteiger partial charge is 0.314 e. The second-order valence-corrected chi connectivity index (χ2v) is 4.60. The van der Waals surface area contributed by atoms with Gasteiger partial charge in [0.1, 0.15) is 18.0 Å². The van der Waals surface area contributed by atoms with Gasteiger partial charge in [-0.2, -0.15) is 0 Å². The number of hydrogen-bond acceptors (Lipinski definition) is 6. The monoisotopic (exact) mass is 292 g/mol. The van der Waals surface area contributed by atoms with E-state index in [0.29, 0.717) is 5.56 Å². The first-order valence-electron chi connectivity index (χ1n) is 6.12. The Bertz CT molecular complexity index is 691. The Labute approximate surface area is 119 Å². The molecule has 0 saturated heterocycles.